The van der Waals surface area contributed by atoms with Gasteiger partial charge < -0.3 is 10.4 Å². The Morgan fingerprint density at radius 3 is 2.67 bits per heavy atom. The first kappa shape index (κ1) is 15.2. The number of hydrogen-bond acceptors (Lipinski definition) is 2. The van der Waals surface area contributed by atoms with Crippen LogP contribution in [-0.4, -0.2) is 11.1 Å². The van der Waals surface area contributed by atoms with Crippen molar-refractivity contribution in [2.75, 3.05) is 0 Å². The van der Waals surface area contributed by atoms with E-state index in [1.807, 2.05) is 32.0 Å². The maximum Gasteiger partial charge on any atom is 0.338 e. The lowest BCUT2D eigenvalue weighted by atomic mass is 10.1. The smallest absolute Gasteiger partial charge is 0.338 e. The van der Waals surface area contributed by atoms with Crippen LogP contribution in [0.1, 0.15) is 40.0 Å². The van der Waals surface area contributed by atoms with Gasteiger partial charge in [0.25, 0.3) is 0 Å². The zero-order valence-electron chi connectivity index (χ0n) is 12.1. The van der Waals surface area contributed by atoms with Gasteiger partial charge in [-0.2, -0.15) is 0 Å². The molecule has 0 amide bonds. The molecule has 2 rings (SSSR count). The molecule has 21 heavy (non-hydrogen) atoms. The van der Waals surface area contributed by atoms with Gasteiger partial charge in [0.15, 0.2) is 0 Å². The number of nitrogens with one attached hydrogen (secondary N) is 1. The Morgan fingerprint density at radius 2 is 2.05 bits per heavy atom. The highest BCUT2D eigenvalue weighted by atomic mass is 19.1. The molecule has 2 aromatic carbocycles. The van der Waals surface area contributed by atoms with E-state index in [-0.39, 0.29) is 11.6 Å². The molecule has 0 aromatic heterocycles. The number of benzene rings is 2. The number of carbonyl (C=O) groups is 1. The summed E-state index contributed by atoms with van der Waals surface area (Å²) in [4.78, 5) is 10.8. The second-order valence-electron chi connectivity index (χ2n) is 5.14. The second-order valence-corrected chi connectivity index (χ2v) is 5.14. The van der Waals surface area contributed by atoms with Crippen LogP contribution in [0.2, 0.25) is 0 Å². The highest BCUT2D eigenvalue weighted by Gasteiger charge is 2.11. The van der Waals surface area contributed by atoms with Crippen LogP contribution in [0, 0.1) is 12.7 Å². The van der Waals surface area contributed by atoms with E-state index >= 15 is 0 Å². The number of rotatable bonds is 5. The summed E-state index contributed by atoms with van der Waals surface area (Å²) in [7, 11) is 0. The summed E-state index contributed by atoms with van der Waals surface area (Å²) in [5.74, 6) is -1.95. The van der Waals surface area contributed by atoms with E-state index in [2.05, 4.69) is 11.4 Å². The molecule has 0 spiro atoms. The molecule has 0 aliphatic heterocycles. The molecular formula is C17H18FNO2. The fourth-order valence-corrected chi connectivity index (χ4v) is 2.17. The molecule has 0 fully saturated rings. The molecule has 0 unspecified atom stereocenters. The average Bonchev–Trinajstić information content (AvgIpc) is 2.44. The minimum Gasteiger partial charge on any atom is -0.478 e. The molecule has 1 atom stereocenters. The van der Waals surface area contributed by atoms with E-state index < -0.39 is 11.8 Å². The topological polar surface area (TPSA) is 49.3 Å². The van der Waals surface area contributed by atoms with E-state index in [0.29, 0.717) is 6.54 Å². The lowest BCUT2D eigenvalue weighted by molar-refractivity contribution is 0.0692. The average molecular weight is 287 g/mol. The van der Waals surface area contributed by atoms with Crippen LogP contribution in [0.5, 0.6) is 0 Å². The van der Waals surface area contributed by atoms with Crippen LogP contribution in [0.15, 0.2) is 42.5 Å². The van der Waals surface area contributed by atoms with Crippen molar-refractivity contribution in [1.82, 2.24) is 5.32 Å². The van der Waals surface area contributed by atoms with Crippen molar-refractivity contribution in [2.24, 2.45) is 0 Å². The maximum absolute atomic E-state index is 13.6. The fraction of sp³-hybridized carbons (Fsp3) is 0.235. The Bertz CT molecular complexity index is 655. The van der Waals surface area contributed by atoms with Gasteiger partial charge in [0.2, 0.25) is 0 Å². The number of aromatic carboxylic acids is 1. The Morgan fingerprint density at radius 1 is 1.29 bits per heavy atom. The third kappa shape index (κ3) is 3.89. The number of hydrogen-bond donors (Lipinski definition) is 2. The maximum atomic E-state index is 13.6. The summed E-state index contributed by atoms with van der Waals surface area (Å²) in [5.41, 5.74) is 2.78. The van der Waals surface area contributed by atoms with Gasteiger partial charge in [0.1, 0.15) is 5.82 Å². The molecule has 0 aliphatic rings. The largest absolute Gasteiger partial charge is 0.478 e. The Balaban J connectivity index is 2.03. The van der Waals surface area contributed by atoms with Gasteiger partial charge >= 0.3 is 5.97 Å². The third-order valence-electron chi connectivity index (χ3n) is 3.42. The van der Waals surface area contributed by atoms with Gasteiger partial charge in [-0.1, -0.05) is 35.9 Å². The second kappa shape index (κ2) is 6.50. The fourth-order valence-electron chi connectivity index (χ4n) is 2.17. The van der Waals surface area contributed by atoms with E-state index in [9.17, 15) is 9.18 Å². The predicted octanol–water partition coefficient (Wildman–Crippen LogP) is 3.68. The van der Waals surface area contributed by atoms with E-state index in [4.69, 9.17) is 5.11 Å². The summed E-state index contributed by atoms with van der Waals surface area (Å²) in [5, 5.41) is 12.1. The first-order valence-electron chi connectivity index (χ1n) is 6.79. The van der Waals surface area contributed by atoms with E-state index in [1.165, 1.54) is 17.7 Å². The number of carboxylic acid groups (broad SMARTS) is 1. The van der Waals surface area contributed by atoms with Crippen molar-refractivity contribution < 1.29 is 14.3 Å². The van der Waals surface area contributed by atoms with Crippen molar-refractivity contribution >= 4 is 5.97 Å². The number of halogens is 1. The molecule has 0 saturated carbocycles. The Labute approximate surface area is 123 Å². The van der Waals surface area contributed by atoms with Gasteiger partial charge in [0, 0.05) is 12.6 Å². The first-order chi connectivity index (χ1) is 9.97. The van der Waals surface area contributed by atoms with Crippen LogP contribution in [0.4, 0.5) is 4.39 Å². The van der Waals surface area contributed by atoms with Crippen LogP contribution < -0.4 is 5.32 Å². The third-order valence-corrected chi connectivity index (χ3v) is 3.42. The molecule has 3 nitrogen and oxygen atoms in total. The van der Waals surface area contributed by atoms with Crippen LogP contribution in [-0.2, 0) is 6.54 Å². The first-order valence-corrected chi connectivity index (χ1v) is 6.79. The van der Waals surface area contributed by atoms with Crippen molar-refractivity contribution in [2.45, 2.75) is 26.4 Å². The summed E-state index contributed by atoms with van der Waals surface area (Å²) < 4.78 is 13.6. The highest BCUT2D eigenvalue weighted by Crippen LogP contribution is 2.16. The molecule has 0 aliphatic carbocycles. The minimum absolute atomic E-state index is 0.132. The molecule has 0 radical (unpaired) electrons. The molecule has 0 heterocycles. The van der Waals surface area contributed by atoms with Crippen molar-refractivity contribution in [3.63, 3.8) is 0 Å². The predicted molar refractivity (Wildman–Crippen MR) is 79.8 cm³/mol. The zero-order valence-corrected chi connectivity index (χ0v) is 12.1. The summed E-state index contributed by atoms with van der Waals surface area (Å²) in [6.45, 7) is 4.55. The lowest BCUT2D eigenvalue weighted by Gasteiger charge is -2.15. The van der Waals surface area contributed by atoms with Gasteiger partial charge in [-0.25, -0.2) is 9.18 Å². The van der Waals surface area contributed by atoms with Crippen LogP contribution >= 0.6 is 0 Å². The Hall–Kier alpha value is -2.20. The van der Waals surface area contributed by atoms with Crippen LogP contribution in [0.25, 0.3) is 0 Å². The number of carboxylic acids is 1. The quantitative estimate of drug-likeness (QED) is 0.882. The van der Waals surface area contributed by atoms with Gasteiger partial charge in [-0.15, -0.1) is 0 Å². The molecule has 4 heteroatoms. The summed E-state index contributed by atoms with van der Waals surface area (Å²) in [6, 6.07) is 12.5. The van der Waals surface area contributed by atoms with Gasteiger partial charge in [-0.3, -0.25) is 0 Å². The van der Waals surface area contributed by atoms with Crippen molar-refractivity contribution in [3.8, 4) is 0 Å². The Kier molecular flexibility index (Phi) is 4.70. The normalized spacial score (nSPS) is 12.1. The summed E-state index contributed by atoms with van der Waals surface area (Å²) >= 11 is 0. The highest BCUT2D eigenvalue weighted by molar-refractivity contribution is 5.87. The molecule has 2 aromatic rings. The van der Waals surface area contributed by atoms with Crippen LogP contribution in [0.3, 0.4) is 0 Å². The molecule has 2 N–H and O–H groups in total. The monoisotopic (exact) mass is 287 g/mol. The lowest BCUT2D eigenvalue weighted by Crippen LogP contribution is -2.18. The molecule has 110 valence electrons. The molecule has 0 bridgehead atoms. The van der Waals surface area contributed by atoms with Gasteiger partial charge in [0.05, 0.1) is 5.56 Å². The molecular weight excluding hydrogens is 269 g/mol. The zero-order chi connectivity index (χ0) is 15.4. The minimum atomic E-state index is -1.25. The van der Waals surface area contributed by atoms with Crippen molar-refractivity contribution in [1.29, 1.82) is 0 Å². The standard InChI is InChI=1S/C17H18FNO2/c1-11-4-3-5-14(8-11)12(2)19-10-13-6-7-15(17(20)21)16(18)9-13/h3-9,12,19H,10H2,1-2H3,(H,20,21)/t12-/m0/s1. The molecule has 0 saturated heterocycles. The summed E-state index contributed by atoms with van der Waals surface area (Å²) in [6.07, 6.45) is 0. The SMILES string of the molecule is Cc1cccc([C@H](C)NCc2ccc(C(=O)O)c(F)c2)c1. The van der Waals surface area contributed by atoms with E-state index in [1.54, 1.807) is 6.07 Å². The van der Waals surface area contributed by atoms with E-state index in [0.717, 1.165) is 11.1 Å². The van der Waals surface area contributed by atoms with Gasteiger partial charge in [-0.05, 0) is 37.1 Å². The van der Waals surface area contributed by atoms with Crippen molar-refractivity contribution in [3.05, 3.63) is 70.5 Å². The number of aryl methyl sites for hydroxylation is 1.